The molecule has 66 valence electrons. The summed E-state index contributed by atoms with van der Waals surface area (Å²) in [5, 5.41) is 2.79. The Bertz CT molecular complexity index is 469. The van der Waals surface area contributed by atoms with E-state index in [9.17, 15) is 4.79 Å². The monoisotopic (exact) mass is 175 g/mol. The number of hydrogen-bond donors (Lipinski definition) is 1. The molecule has 0 aliphatic heterocycles. The van der Waals surface area contributed by atoms with E-state index >= 15 is 0 Å². The van der Waals surface area contributed by atoms with Gasteiger partial charge in [-0.3, -0.25) is 9.89 Å². The zero-order valence-electron chi connectivity index (χ0n) is 7.19. The number of nitrogens with zero attached hydrogens (tertiary/aromatic N) is 2. The second-order valence-corrected chi connectivity index (χ2v) is 2.83. The Hall–Kier alpha value is -1.84. The molecular formula is C9H9N3O. The van der Waals surface area contributed by atoms with Gasteiger partial charge in [0.1, 0.15) is 0 Å². The van der Waals surface area contributed by atoms with Crippen molar-refractivity contribution in [3.05, 3.63) is 46.5 Å². The summed E-state index contributed by atoms with van der Waals surface area (Å²) in [7, 11) is 0. The molecule has 0 radical (unpaired) electrons. The van der Waals surface area contributed by atoms with Crippen LogP contribution in [0.1, 0.15) is 5.56 Å². The molecule has 0 saturated carbocycles. The number of rotatable bonds is 1. The number of aromatic amines is 1. The van der Waals surface area contributed by atoms with Gasteiger partial charge in [-0.2, -0.15) is 0 Å². The van der Waals surface area contributed by atoms with E-state index in [1.165, 1.54) is 10.7 Å². The van der Waals surface area contributed by atoms with E-state index in [-0.39, 0.29) is 5.56 Å². The summed E-state index contributed by atoms with van der Waals surface area (Å²) in [6, 6.07) is 5.19. The molecule has 2 aromatic heterocycles. The van der Waals surface area contributed by atoms with Gasteiger partial charge in [0.2, 0.25) is 0 Å². The minimum Gasteiger partial charge on any atom is -0.297 e. The van der Waals surface area contributed by atoms with E-state index in [0.29, 0.717) is 5.82 Å². The topological polar surface area (TPSA) is 50.7 Å². The molecule has 0 spiro atoms. The normalized spacial score (nSPS) is 10.2. The summed E-state index contributed by atoms with van der Waals surface area (Å²) in [6.07, 6.45) is 3.27. The van der Waals surface area contributed by atoms with Crippen molar-refractivity contribution in [2.45, 2.75) is 6.92 Å². The van der Waals surface area contributed by atoms with Crippen LogP contribution in [0.2, 0.25) is 0 Å². The molecule has 0 unspecified atom stereocenters. The average molecular weight is 175 g/mol. The van der Waals surface area contributed by atoms with Crippen LogP contribution in [0.5, 0.6) is 0 Å². The van der Waals surface area contributed by atoms with Crippen molar-refractivity contribution < 1.29 is 0 Å². The van der Waals surface area contributed by atoms with Crippen molar-refractivity contribution >= 4 is 0 Å². The van der Waals surface area contributed by atoms with E-state index in [1.54, 1.807) is 12.4 Å². The molecule has 4 heteroatoms. The van der Waals surface area contributed by atoms with Gasteiger partial charge in [-0.25, -0.2) is 9.67 Å². The lowest BCUT2D eigenvalue weighted by molar-refractivity contribution is 0.817. The van der Waals surface area contributed by atoms with Gasteiger partial charge in [-0.1, -0.05) is 0 Å². The van der Waals surface area contributed by atoms with Gasteiger partial charge in [0.15, 0.2) is 5.82 Å². The van der Waals surface area contributed by atoms with Crippen LogP contribution in [0, 0.1) is 6.92 Å². The fourth-order valence-electron chi connectivity index (χ4n) is 1.14. The maximum absolute atomic E-state index is 11.2. The standard InChI is InChI=1S/C9H9N3O/c1-7-2-4-10-8(6-7)12-9(13)3-5-11-12/h2-6,11H,1H3. The quantitative estimate of drug-likeness (QED) is 0.699. The molecule has 1 N–H and O–H groups in total. The molecule has 13 heavy (non-hydrogen) atoms. The maximum Gasteiger partial charge on any atom is 0.272 e. The highest BCUT2D eigenvalue weighted by atomic mass is 16.1. The molecule has 0 aromatic carbocycles. The van der Waals surface area contributed by atoms with Gasteiger partial charge < -0.3 is 0 Å². The Balaban J connectivity index is 2.59. The predicted octanol–water partition coefficient (Wildman–Crippen LogP) is 0.869. The van der Waals surface area contributed by atoms with Crippen LogP contribution < -0.4 is 5.56 Å². The summed E-state index contributed by atoms with van der Waals surface area (Å²) in [6.45, 7) is 1.96. The lowest BCUT2D eigenvalue weighted by atomic mass is 10.3. The van der Waals surface area contributed by atoms with Gasteiger partial charge in [-0.15, -0.1) is 0 Å². The van der Waals surface area contributed by atoms with Gasteiger partial charge in [0.05, 0.1) is 0 Å². The average Bonchev–Trinajstić information content (AvgIpc) is 2.51. The molecule has 2 aromatic rings. The number of H-pyrrole nitrogens is 1. The highest BCUT2D eigenvalue weighted by molar-refractivity contribution is 5.25. The van der Waals surface area contributed by atoms with Gasteiger partial charge >= 0.3 is 0 Å². The highest BCUT2D eigenvalue weighted by Crippen LogP contribution is 2.01. The zero-order chi connectivity index (χ0) is 9.26. The largest absolute Gasteiger partial charge is 0.297 e. The van der Waals surface area contributed by atoms with Crippen LogP contribution in [0.25, 0.3) is 5.82 Å². The van der Waals surface area contributed by atoms with Gasteiger partial charge in [0.25, 0.3) is 5.56 Å². The lowest BCUT2D eigenvalue weighted by Gasteiger charge is -2.00. The third kappa shape index (κ3) is 1.38. The molecule has 0 aliphatic carbocycles. The fraction of sp³-hybridized carbons (Fsp3) is 0.111. The number of aromatic nitrogens is 3. The number of aryl methyl sites for hydroxylation is 1. The maximum atomic E-state index is 11.2. The van der Waals surface area contributed by atoms with Crippen molar-refractivity contribution in [3.63, 3.8) is 0 Å². The van der Waals surface area contributed by atoms with Gasteiger partial charge in [-0.05, 0) is 24.6 Å². The molecule has 0 amide bonds. The van der Waals surface area contributed by atoms with Crippen molar-refractivity contribution in [3.8, 4) is 5.82 Å². The van der Waals surface area contributed by atoms with Crippen LogP contribution in [0.3, 0.4) is 0 Å². The first-order valence-corrected chi connectivity index (χ1v) is 3.97. The third-order valence-corrected chi connectivity index (χ3v) is 1.78. The van der Waals surface area contributed by atoms with Crippen LogP contribution in [-0.4, -0.2) is 14.8 Å². The Morgan fingerprint density at radius 3 is 2.92 bits per heavy atom. The summed E-state index contributed by atoms with van der Waals surface area (Å²) < 4.78 is 1.40. The van der Waals surface area contributed by atoms with E-state index in [0.717, 1.165) is 5.56 Å². The highest BCUT2D eigenvalue weighted by Gasteiger charge is 1.99. The molecule has 4 nitrogen and oxygen atoms in total. The molecule has 2 heterocycles. The second-order valence-electron chi connectivity index (χ2n) is 2.83. The zero-order valence-corrected chi connectivity index (χ0v) is 7.19. The van der Waals surface area contributed by atoms with E-state index < -0.39 is 0 Å². The number of pyridine rings is 1. The smallest absolute Gasteiger partial charge is 0.272 e. The van der Waals surface area contributed by atoms with Crippen molar-refractivity contribution in [2.75, 3.05) is 0 Å². The second kappa shape index (κ2) is 2.90. The molecular weight excluding hydrogens is 166 g/mol. The summed E-state index contributed by atoms with van der Waals surface area (Å²) in [4.78, 5) is 15.3. The number of hydrogen-bond acceptors (Lipinski definition) is 2. The molecule has 0 atom stereocenters. The minimum atomic E-state index is -0.0990. The Labute approximate surface area is 74.8 Å². The van der Waals surface area contributed by atoms with Crippen LogP contribution in [0.4, 0.5) is 0 Å². The summed E-state index contributed by atoms with van der Waals surface area (Å²) in [5.41, 5.74) is 0.976. The van der Waals surface area contributed by atoms with E-state index in [1.807, 2.05) is 19.1 Å². The van der Waals surface area contributed by atoms with Crippen LogP contribution in [0.15, 0.2) is 35.4 Å². The van der Waals surface area contributed by atoms with Crippen molar-refractivity contribution in [1.29, 1.82) is 0 Å². The summed E-state index contributed by atoms with van der Waals surface area (Å²) >= 11 is 0. The van der Waals surface area contributed by atoms with E-state index in [4.69, 9.17) is 0 Å². The molecule has 0 saturated heterocycles. The first kappa shape index (κ1) is 7.79. The molecule has 0 fully saturated rings. The molecule has 0 aliphatic rings. The Morgan fingerprint density at radius 2 is 2.31 bits per heavy atom. The minimum absolute atomic E-state index is 0.0990. The number of nitrogens with one attached hydrogen (secondary N) is 1. The van der Waals surface area contributed by atoms with Crippen molar-refractivity contribution in [2.24, 2.45) is 0 Å². The molecule has 0 bridgehead atoms. The first-order chi connectivity index (χ1) is 6.27. The molecule has 2 rings (SSSR count). The SMILES string of the molecule is Cc1ccnc(-n2[nH]ccc2=O)c1. The van der Waals surface area contributed by atoms with E-state index in [2.05, 4.69) is 10.1 Å². The third-order valence-electron chi connectivity index (χ3n) is 1.78. The summed E-state index contributed by atoms with van der Waals surface area (Å²) in [5.74, 6) is 0.620. The fourth-order valence-corrected chi connectivity index (χ4v) is 1.14. The predicted molar refractivity (Wildman–Crippen MR) is 48.9 cm³/mol. The Morgan fingerprint density at radius 1 is 1.46 bits per heavy atom. The lowest BCUT2D eigenvalue weighted by Crippen LogP contribution is -2.14. The van der Waals surface area contributed by atoms with Gasteiger partial charge in [0, 0.05) is 18.5 Å². The first-order valence-electron chi connectivity index (χ1n) is 3.97. The Kier molecular flexibility index (Phi) is 1.73. The van der Waals surface area contributed by atoms with Crippen LogP contribution >= 0.6 is 0 Å². The van der Waals surface area contributed by atoms with Crippen LogP contribution in [-0.2, 0) is 0 Å². The van der Waals surface area contributed by atoms with Crippen molar-refractivity contribution in [1.82, 2.24) is 14.8 Å².